The van der Waals surface area contributed by atoms with Crippen molar-refractivity contribution in [3.8, 4) is 23.0 Å². The van der Waals surface area contributed by atoms with E-state index in [0.29, 0.717) is 35.0 Å². The summed E-state index contributed by atoms with van der Waals surface area (Å²) in [5, 5.41) is 7.82. The molecule has 43 heavy (non-hydrogen) atoms. The number of halogens is 1. The molecule has 1 aliphatic carbocycles. The minimum atomic E-state index is -1.88. The lowest BCUT2D eigenvalue weighted by Crippen LogP contribution is -2.58. The molecular weight excluding hydrogens is 574 g/mol. The first-order valence-electron chi connectivity index (χ1n) is 13.6. The first-order chi connectivity index (χ1) is 20.9. The van der Waals surface area contributed by atoms with Crippen LogP contribution in [0.25, 0.3) is 0 Å². The monoisotopic (exact) mass is 599 g/mol. The number of ketones is 2. The standard InChI is InChI=1S/C31H26ClN5O6/c1-16-12-19-23(28(38)31(16)29(39)24-21(40-2)13-22(41-3)25(32)27(24)43-31)26(37-30(36-19)34-15-35-37)18-9-4-5-10-20(18)42-14-17-8-6-7-11-33-17/h4-11,13,15-16,26H,12,14H2,1-3H3,(H,34,35,36). The zero-order chi connectivity index (χ0) is 29.9. The maximum absolute atomic E-state index is 14.9. The van der Waals surface area contributed by atoms with Crippen LogP contribution in [-0.2, 0) is 11.4 Å². The minimum Gasteiger partial charge on any atom is -0.496 e. The van der Waals surface area contributed by atoms with Gasteiger partial charge in [-0.3, -0.25) is 14.6 Å². The number of aromatic nitrogens is 4. The van der Waals surface area contributed by atoms with Crippen molar-refractivity contribution in [2.75, 3.05) is 19.5 Å². The molecule has 2 aromatic heterocycles. The van der Waals surface area contributed by atoms with Crippen molar-refractivity contribution in [2.45, 2.75) is 31.6 Å². The number of pyridine rings is 1. The second kappa shape index (κ2) is 10.1. The third-order valence-electron chi connectivity index (χ3n) is 8.20. The van der Waals surface area contributed by atoms with Crippen molar-refractivity contribution in [3.05, 3.63) is 94.2 Å². The summed E-state index contributed by atoms with van der Waals surface area (Å²) in [6.45, 7) is 2.02. The number of rotatable bonds is 6. The number of anilines is 1. The number of carbonyl (C=O) groups is 2. The van der Waals surface area contributed by atoms with E-state index in [-0.39, 0.29) is 34.4 Å². The summed E-state index contributed by atoms with van der Waals surface area (Å²) >= 11 is 6.63. The van der Waals surface area contributed by atoms with Gasteiger partial charge >= 0.3 is 0 Å². The predicted molar refractivity (Wildman–Crippen MR) is 155 cm³/mol. The molecule has 2 aliphatic heterocycles. The van der Waals surface area contributed by atoms with Gasteiger partial charge in [0.15, 0.2) is 5.75 Å². The Hall–Kier alpha value is -4.90. The largest absolute Gasteiger partial charge is 0.496 e. The zero-order valence-corrected chi connectivity index (χ0v) is 24.2. The van der Waals surface area contributed by atoms with Crippen LogP contribution in [0, 0.1) is 5.92 Å². The van der Waals surface area contributed by atoms with E-state index in [2.05, 4.69) is 20.4 Å². The zero-order valence-electron chi connectivity index (χ0n) is 23.5. The Kier molecular flexibility index (Phi) is 6.35. The molecule has 1 spiro atoms. The lowest BCUT2D eigenvalue weighted by atomic mass is 9.68. The van der Waals surface area contributed by atoms with E-state index in [1.54, 1.807) is 10.9 Å². The van der Waals surface area contributed by atoms with Crippen molar-refractivity contribution in [3.63, 3.8) is 0 Å². The van der Waals surface area contributed by atoms with Crippen molar-refractivity contribution in [2.24, 2.45) is 5.92 Å². The van der Waals surface area contributed by atoms with Gasteiger partial charge in [-0.15, -0.1) is 0 Å². The molecule has 4 aromatic rings. The molecule has 3 unspecified atom stereocenters. The molecule has 0 bridgehead atoms. The number of hydrogen-bond acceptors (Lipinski definition) is 10. The molecule has 0 fully saturated rings. The summed E-state index contributed by atoms with van der Waals surface area (Å²) < 4.78 is 25.2. The van der Waals surface area contributed by atoms with E-state index in [1.807, 2.05) is 49.4 Å². The van der Waals surface area contributed by atoms with Gasteiger partial charge in [-0.25, -0.2) is 4.68 Å². The minimum absolute atomic E-state index is 0.0629. The molecule has 2 aromatic carbocycles. The van der Waals surface area contributed by atoms with Crippen LogP contribution < -0.4 is 24.3 Å². The summed E-state index contributed by atoms with van der Waals surface area (Å²) in [7, 11) is 2.88. The van der Waals surface area contributed by atoms with Gasteiger partial charge in [0, 0.05) is 35.0 Å². The average molecular weight is 600 g/mol. The molecule has 4 heterocycles. The molecule has 11 nitrogen and oxygen atoms in total. The Balaban J connectivity index is 1.35. The quantitative estimate of drug-likeness (QED) is 0.308. The van der Waals surface area contributed by atoms with Crippen LogP contribution in [0.15, 0.2) is 72.3 Å². The third kappa shape index (κ3) is 3.91. The number of benzene rings is 2. The third-order valence-corrected chi connectivity index (χ3v) is 8.56. The normalized spacial score (nSPS) is 22.0. The number of nitrogens with zero attached hydrogens (tertiary/aromatic N) is 4. The Morgan fingerprint density at radius 3 is 2.60 bits per heavy atom. The number of methoxy groups -OCH3 is 2. The van der Waals surface area contributed by atoms with E-state index in [1.165, 1.54) is 26.6 Å². The molecule has 0 radical (unpaired) electrons. The van der Waals surface area contributed by atoms with Crippen LogP contribution in [0.5, 0.6) is 23.0 Å². The van der Waals surface area contributed by atoms with Crippen molar-refractivity contribution in [1.82, 2.24) is 19.7 Å². The number of fused-ring (bicyclic) bond motifs is 2. The number of hydrogen-bond donors (Lipinski definition) is 1. The SMILES string of the molecule is COc1cc(OC)c2c(c1Cl)OC1(C(=O)C3=C(CC1C)Nc1ncnn1C3c1ccccc1OCc1ccccn1)C2=O. The summed E-state index contributed by atoms with van der Waals surface area (Å²) in [6, 6.07) is 13.8. The van der Waals surface area contributed by atoms with Gasteiger partial charge in [0.25, 0.3) is 0 Å². The highest BCUT2D eigenvalue weighted by Gasteiger charge is 2.63. The Labute approximate surface area is 251 Å². The van der Waals surface area contributed by atoms with Gasteiger partial charge in [-0.2, -0.15) is 10.1 Å². The number of Topliss-reactive ketones (excluding diaryl/α,β-unsaturated/α-hetero) is 2. The molecule has 0 saturated heterocycles. The van der Waals surface area contributed by atoms with E-state index < -0.39 is 29.1 Å². The van der Waals surface area contributed by atoms with Crippen molar-refractivity contribution >= 4 is 29.1 Å². The first kappa shape index (κ1) is 27.0. The van der Waals surface area contributed by atoms with Gasteiger partial charge in [0.1, 0.15) is 46.8 Å². The summed E-state index contributed by atoms with van der Waals surface area (Å²) in [4.78, 5) is 37.9. The van der Waals surface area contributed by atoms with E-state index in [0.717, 1.165) is 5.69 Å². The molecule has 218 valence electrons. The summed E-state index contributed by atoms with van der Waals surface area (Å²) in [5.74, 6) is -0.0459. The van der Waals surface area contributed by atoms with Crippen LogP contribution in [-0.4, -0.2) is 51.1 Å². The second-order valence-corrected chi connectivity index (χ2v) is 10.9. The van der Waals surface area contributed by atoms with Crippen LogP contribution >= 0.6 is 11.6 Å². The predicted octanol–water partition coefficient (Wildman–Crippen LogP) is 4.81. The van der Waals surface area contributed by atoms with E-state index in [9.17, 15) is 9.59 Å². The van der Waals surface area contributed by atoms with Gasteiger partial charge in [-0.1, -0.05) is 42.8 Å². The Morgan fingerprint density at radius 2 is 1.84 bits per heavy atom. The molecule has 12 heteroatoms. The van der Waals surface area contributed by atoms with Gasteiger partial charge in [0.05, 0.1) is 19.9 Å². The summed E-state index contributed by atoms with van der Waals surface area (Å²) in [5.41, 5.74) is 0.598. The molecule has 3 aliphatic rings. The van der Waals surface area contributed by atoms with Crippen LogP contribution in [0.1, 0.15) is 41.0 Å². The molecular formula is C31H26ClN5O6. The molecule has 7 rings (SSSR count). The van der Waals surface area contributed by atoms with E-state index >= 15 is 0 Å². The van der Waals surface area contributed by atoms with Gasteiger partial charge < -0.3 is 24.3 Å². The van der Waals surface area contributed by atoms with Gasteiger partial charge in [-0.05, 0) is 24.6 Å². The Morgan fingerprint density at radius 1 is 1.05 bits per heavy atom. The molecule has 0 saturated carbocycles. The van der Waals surface area contributed by atoms with Crippen LogP contribution in [0.2, 0.25) is 5.02 Å². The lowest BCUT2D eigenvalue weighted by Gasteiger charge is -2.42. The first-order valence-corrected chi connectivity index (χ1v) is 14.0. The fourth-order valence-electron chi connectivity index (χ4n) is 6.15. The number of para-hydroxylation sites is 1. The summed E-state index contributed by atoms with van der Waals surface area (Å²) in [6.07, 6.45) is 3.43. The number of carbonyl (C=O) groups excluding carboxylic acids is 2. The fraction of sp³-hybridized carbons (Fsp3) is 0.258. The maximum atomic E-state index is 14.9. The fourth-order valence-corrected chi connectivity index (χ4v) is 6.41. The Bertz CT molecular complexity index is 1820. The van der Waals surface area contributed by atoms with Crippen molar-refractivity contribution < 1.29 is 28.5 Å². The highest BCUT2D eigenvalue weighted by atomic mass is 35.5. The van der Waals surface area contributed by atoms with E-state index in [4.69, 9.17) is 30.5 Å². The smallest absolute Gasteiger partial charge is 0.236 e. The van der Waals surface area contributed by atoms with Crippen molar-refractivity contribution in [1.29, 1.82) is 0 Å². The lowest BCUT2D eigenvalue weighted by molar-refractivity contribution is -0.130. The average Bonchev–Trinajstić information content (AvgIpc) is 3.62. The topological polar surface area (TPSA) is 127 Å². The molecule has 1 N–H and O–H groups in total. The second-order valence-electron chi connectivity index (χ2n) is 10.5. The molecule has 0 amide bonds. The van der Waals surface area contributed by atoms with Gasteiger partial charge in [0.2, 0.25) is 23.1 Å². The highest BCUT2D eigenvalue weighted by molar-refractivity contribution is 6.36. The van der Waals surface area contributed by atoms with Crippen LogP contribution in [0.4, 0.5) is 5.95 Å². The molecule has 3 atom stereocenters. The maximum Gasteiger partial charge on any atom is 0.236 e. The van der Waals surface area contributed by atoms with Crippen LogP contribution in [0.3, 0.4) is 0 Å². The number of nitrogens with one attached hydrogen (secondary N) is 1. The number of allylic oxidation sites excluding steroid dienone is 1. The number of ether oxygens (including phenoxy) is 4. The highest BCUT2D eigenvalue weighted by Crippen LogP contribution is 2.56.